The third-order valence-electron chi connectivity index (χ3n) is 18.8. The van der Waals surface area contributed by atoms with E-state index in [-0.39, 0.29) is 80.3 Å². The summed E-state index contributed by atoms with van der Waals surface area (Å²) < 4.78 is 57.7. The van der Waals surface area contributed by atoms with Gasteiger partial charge >= 0.3 is 11.9 Å². The van der Waals surface area contributed by atoms with E-state index < -0.39 is 151 Å². The van der Waals surface area contributed by atoms with Crippen LogP contribution in [0.5, 0.6) is 0 Å². The zero-order valence-electron chi connectivity index (χ0n) is 49.0. The van der Waals surface area contributed by atoms with Crippen LogP contribution in [0.1, 0.15) is 151 Å². The van der Waals surface area contributed by atoms with E-state index in [2.05, 4.69) is 13.2 Å². The van der Waals surface area contributed by atoms with Gasteiger partial charge in [0.1, 0.15) is 30.2 Å². The summed E-state index contributed by atoms with van der Waals surface area (Å²) >= 11 is 5.89. The second kappa shape index (κ2) is 27.0. The number of esters is 2. The molecular weight excluding hydrogens is 1080 g/mol. The summed E-state index contributed by atoms with van der Waals surface area (Å²) in [6, 6.07) is 0. The molecule has 7 heterocycles. The molecule has 7 N–H and O–H groups in total. The minimum Gasteiger partial charge on any atom is -0.462 e. The Kier molecular flexibility index (Phi) is 21.4. The molecule has 8 aliphatic rings. The molecule has 0 aromatic heterocycles. The Morgan fingerprint density at radius 3 is 2.35 bits per heavy atom. The average molecular weight is 1180 g/mol. The summed E-state index contributed by atoms with van der Waals surface area (Å²) in [5.41, 5.74) is -0.769. The predicted molar refractivity (Wildman–Crippen MR) is 299 cm³/mol. The first-order valence-electron chi connectivity index (χ1n) is 29.9. The van der Waals surface area contributed by atoms with Gasteiger partial charge in [0.15, 0.2) is 11.6 Å². The van der Waals surface area contributed by atoms with E-state index in [0.717, 1.165) is 5.57 Å². The normalized spacial score (nSPS) is 46.9. The van der Waals surface area contributed by atoms with Gasteiger partial charge in [-0.1, -0.05) is 82.3 Å². The molecule has 0 aromatic rings. The summed E-state index contributed by atoms with van der Waals surface area (Å²) in [6.45, 7) is 18.2. The fraction of sp³-hybridized carbons (Fsp3) is 0.790. The number of hydrogen-bond donors (Lipinski definition) is 7. The van der Waals surface area contributed by atoms with Crippen molar-refractivity contribution < 1.29 is 92.8 Å². The zero-order valence-corrected chi connectivity index (χ0v) is 49.7. The molecule has 0 amide bonds. The van der Waals surface area contributed by atoms with Crippen molar-refractivity contribution in [2.24, 2.45) is 29.6 Å². The molecule has 8 rings (SSSR count). The van der Waals surface area contributed by atoms with E-state index in [1.807, 2.05) is 39.0 Å². The van der Waals surface area contributed by atoms with Crippen molar-refractivity contribution in [2.45, 2.75) is 265 Å². The quantitative estimate of drug-likeness (QED) is 0.0831. The van der Waals surface area contributed by atoms with Crippen molar-refractivity contribution in [3.8, 4) is 0 Å². The Bertz CT molecular complexity index is 2360. The molecular formula is C62H93ClO19. The molecule has 2 spiro atoms. The van der Waals surface area contributed by atoms with E-state index in [1.54, 1.807) is 21.0 Å². The lowest BCUT2D eigenvalue weighted by Crippen LogP contribution is -2.65. The molecule has 6 saturated heterocycles. The molecule has 0 aromatic carbocycles. The lowest BCUT2D eigenvalue weighted by molar-refractivity contribution is -0.350. The molecule has 0 radical (unpaired) electrons. The molecule has 24 atom stereocenters. The van der Waals surface area contributed by atoms with Gasteiger partial charge in [0, 0.05) is 101 Å². The third-order valence-corrected chi connectivity index (χ3v) is 18.9. The van der Waals surface area contributed by atoms with Gasteiger partial charge in [-0.15, -0.1) is 0 Å². The van der Waals surface area contributed by atoms with Crippen LogP contribution in [0.3, 0.4) is 0 Å². The average Bonchev–Trinajstić information content (AvgIpc) is 2.35. The minimum atomic E-state index is -2.37. The highest BCUT2D eigenvalue weighted by Gasteiger charge is 2.58. The number of Topliss-reactive ketones (excluding diaryl/α,β-unsaturated/α-hetero) is 1. The molecule has 19 nitrogen and oxygen atoms in total. The van der Waals surface area contributed by atoms with Gasteiger partial charge in [0.2, 0.25) is 0 Å². The molecule has 462 valence electrons. The maximum atomic E-state index is 14.4. The van der Waals surface area contributed by atoms with E-state index in [0.29, 0.717) is 56.9 Å². The van der Waals surface area contributed by atoms with Crippen molar-refractivity contribution in [3.63, 3.8) is 0 Å². The first-order chi connectivity index (χ1) is 38.6. The SMILES string of the molecule is C=C(Cl)/C=C/[C@H](O)CC(=C)C[C@H]1O[C@@H]2[C@H](C)[C@@H](OC(=O)C[C@@H]3C[C@@H](OC(C)=O)C[C@]4(C[C@](C)(O)C[C@@H](/C=C5/CO[C@@H]([C@H](C)C(=O)C[C@H]6C[C@@H](OC)C[C@]7(C[C@H](O)C[C@@H](/C=C\CCC[C@@H]8O[C@@](O)(C[C@@H](O)[C@@H]8C)[C@H]2O)O7)C6)[C@H]5C)O4)O3)[C@@H]1O. The van der Waals surface area contributed by atoms with Crippen molar-refractivity contribution in [1.29, 1.82) is 0 Å². The first-order valence-corrected chi connectivity index (χ1v) is 30.3. The number of rotatable bonds is 8. The number of ether oxygens (including phenoxy) is 9. The van der Waals surface area contributed by atoms with Gasteiger partial charge in [-0.25, -0.2) is 0 Å². The van der Waals surface area contributed by atoms with Gasteiger partial charge in [-0.3, -0.25) is 14.4 Å². The summed E-state index contributed by atoms with van der Waals surface area (Å²) in [6.07, 6.45) is -1.87. The molecule has 12 bridgehead atoms. The van der Waals surface area contributed by atoms with Crippen LogP contribution in [0.2, 0.25) is 0 Å². The number of allylic oxidation sites excluding steroid dienone is 3. The summed E-state index contributed by atoms with van der Waals surface area (Å²) in [5, 5.41) is 82.6. The van der Waals surface area contributed by atoms with Gasteiger partial charge < -0.3 is 78.4 Å². The van der Waals surface area contributed by atoms with Crippen LogP contribution in [-0.2, 0) is 57.0 Å². The molecule has 0 unspecified atom stereocenters. The lowest BCUT2D eigenvalue weighted by Gasteiger charge is -2.51. The van der Waals surface area contributed by atoms with Crippen molar-refractivity contribution in [1.82, 2.24) is 0 Å². The van der Waals surface area contributed by atoms with E-state index in [1.165, 1.54) is 19.1 Å². The number of hydrogen-bond acceptors (Lipinski definition) is 19. The Morgan fingerprint density at radius 2 is 1.63 bits per heavy atom. The summed E-state index contributed by atoms with van der Waals surface area (Å²) in [4.78, 5) is 41.3. The molecule has 7 fully saturated rings. The topological polar surface area (TPSA) is 276 Å². The Labute approximate surface area is 488 Å². The highest BCUT2D eigenvalue weighted by atomic mass is 35.5. The summed E-state index contributed by atoms with van der Waals surface area (Å²) in [7, 11) is 1.67. The number of halogens is 1. The second-order valence-corrected chi connectivity index (χ2v) is 26.5. The molecule has 1 aliphatic carbocycles. The van der Waals surface area contributed by atoms with Crippen molar-refractivity contribution in [2.75, 3.05) is 13.7 Å². The number of carbonyl (C=O) groups excluding carboxylic acids is 3. The Hall–Kier alpha value is -2.96. The zero-order chi connectivity index (χ0) is 59.6. The van der Waals surface area contributed by atoms with Crippen LogP contribution in [0, 0.1) is 29.6 Å². The monoisotopic (exact) mass is 1180 g/mol. The fourth-order valence-corrected chi connectivity index (χ4v) is 15.0. The van der Waals surface area contributed by atoms with Crippen molar-refractivity contribution in [3.05, 3.63) is 59.7 Å². The number of carbonyl (C=O) groups is 3. The van der Waals surface area contributed by atoms with E-state index >= 15 is 0 Å². The molecule has 20 heteroatoms. The van der Waals surface area contributed by atoms with Crippen LogP contribution >= 0.6 is 11.6 Å². The van der Waals surface area contributed by atoms with Crippen LogP contribution < -0.4 is 0 Å². The van der Waals surface area contributed by atoms with Crippen LogP contribution in [-0.4, -0.2) is 182 Å². The van der Waals surface area contributed by atoms with Gasteiger partial charge in [0.05, 0.1) is 91.4 Å². The summed E-state index contributed by atoms with van der Waals surface area (Å²) in [5.74, 6) is -7.47. The molecule has 1 saturated carbocycles. The Balaban J connectivity index is 1.10. The number of aliphatic hydroxyl groups excluding tert-OH is 5. The standard InChI is InChI=1S/C62H93ClO19/c1-33(17-42(65)16-15-34(2)63)18-52-54(70)56-38(6)57(77-52)58(71)62(73)30-50(68)36(4)51(82-62)14-12-10-11-13-44-22-43(66)26-60(79-44)25-40(19-46(28-60)74-9)20-49(67)37(5)55-35(3)41(31-75-55)21-48-27-59(8,72)32-61(81-48)29-47(76-39(7)64)23-45(80-61)24-53(69)78-56/h11,13,15-16,21,35-38,40,42-48,50-52,54-58,65-66,68,70-73H,1-2,10,12,14,17-20,22-32H2,3-9H3/b13-11-,16-15+,41-21-/t35-,36-,37+,38+,40+,42-,43+,44+,45-,46+,47+,48+,50+,51-,52+,54+,55+,56+,57+,58-,59+,60+,61-,62-/m0/s1. The molecule has 82 heavy (non-hydrogen) atoms. The lowest BCUT2D eigenvalue weighted by atomic mass is 9.70. The van der Waals surface area contributed by atoms with E-state index in [9.17, 15) is 50.1 Å². The number of aliphatic hydroxyl groups is 7. The largest absolute Gasteiger partial charge is 0.462 e. The second-order valence-electron chi connectivity index (χ2n) is 26.0. The van der Waals surface area contributed by atoms with Gasteiger partial charge in [-0.2, -0.15) is 0 Å². The van der Waals surface area contributed by atoms with Crippen LogP contribution in [0.15, 0.2) is 59.7 Å². The van der Waals surface area contributed by atoms with E-state index in [4.69, 9.17) is 54.2 Å². The smallest absolute Gasteiger partial charge is 0.308 e. The first kappa shape index (κ1) is 65.0. The predicted octanol–water partition coefficient (Wildman–Crippen LogP) is 6.02. The van der Waals surface area contributed by atoms with Crippen LogP contribution in [0.4, 0.5) is 0 Å². The van der Waals surface area contributed by atoms with Gasteiger partial charge in [0.25, 0.3) is 0 Å². The van der Waals surface area contributed by atoms with Gasteiger partial charge in [-0.05, 0) is 69.4 Å². The number of ketones is 1. The highest BCUT2D eigenvalue weighted by molar-refractivity contribution is 6.30. The third kappa shape index (κ3) is 16.0. The molecule has 7 aliphatic heterocycles. The van der Waals surface area contributed by atoms with Crippen LogP contribution in [0.25, 0.3) is 0 Å². The minimum absolute atomic E-state index is 0.0187. The maximum absolute atomic E-state index is 14.4. The van der Waals surface area contributed by atoms with Crippen molar-refractivity contribution >= 4 is 29.3 Å². The maximum Gasteiger partial charge on any atom is 0.308 e. The number of fused-ring (bicyclic) bond motifs is 10. The number of methoxy groups -OCH3 is 1. The Morgan fingerprint density at radius 1 is 0.878 bits per heavy atom. The highest BCUT2D eigenvalue weighted by Crippen LogP contribution is 2.49. The fourth-order valence-electron chi connectivity index (χ4n) is 14.9.